The summed E-state index contributed by atoms with van der Waals surface area (Å²) in [6.45, 7) is -2.36. The molecule has 4 N–H and O–H groups in total. The van der Waals surface area contributed by atoms with Gasteiger partial charge in [0, 0.05) is 0 Å². The highest BCUT2D eigenvalue weighted by atomic mass is 35.5. The van der Waals surface area contributed by atoms with Crippen molar-refractivity contribution in [3.05, 3.63) is 0 Å². The van der Waals surface area contributed by atoms with Gasteiger partial charge in [0.25, 0.3) is 0 Å². The van der Waals surface area contributed by atoms with Gasteiger partial charge in [0.1, 0.15) is 26.4 Å². The molecule has 0 aromatic heterocycles. The van der Waals surface area contributed by atoms with Gasteiger partial charge in [0.15, 0.2) is 12.2 Å². The van der Waals surface area contributed by atoms with E-state index in [2.05, 4.69) is 39.9 Å². The van der Waals surface area contributed by atoms with Crippen LogP contribution in [0.2, 0.25) is 0 Å². The molecule has 0 aliphatic rings. The summed E-state index contributed by atoms with van der Waals surface area (Å²) in [5.41, 5.74) is 9.33. The van der Waals surface area contributed by atoms with E-state index in [0.29, 0.717) is 0 Å². The Balaban J connectivity index is 0. The van der Waals surface area contributed by atoms with Gasteiger partial charge in [-0.05, 0) is 0 Å². The fourth-order valence-corrected chi connectivity index (χ4v) is 2.09. The van der Waals surface area contributed by atoms with Gasteiger partial charge in [-0.3, -0.25) is 9.59 Å². The average molecular weight is 770 g/mol. The SMILES string of the molecule is NC(=O)C(=O)OC(COC(=O)C(Cl)Cl)COC(=O)C(Cl)Cl.NC(=O)C(=O)OCC(COC(=O)C(Cl)Cl)OC(=O)C(Cl)Cl. The number of rotatable bonds is 14. The zero-order chi connectivity index (χ0) is 33.2. The van der Waals surface area contributed by atoms with Gasteiger partial charge in [0.2, 0.25) is 19.3 Å². The van der Waals surface area contributed by atoms with E-state index in [0.717, 1.165) is 0 Å². The molecule has 2 amide bonds. The van der Waals surface area contributed by atoms with Crippen molar-refractivity contribution in [1.29, 1.82) is 0 Å². The molecular weight excluding hydrogens is 752 g/mol. The Morgan fingerprint density at radius 1 is 0.429 bits per heavy atom. The molecule has 42 heavy (non-hydrogen) atoms. The van der Waals surface area contributed by atoms with E-state index in [-0.39, 0.29) is 0 Å². The second-order valence-electron chi connectivity index (χ2n) is 6.51. The Hall–Kier alpha value is -1.92. The minimum absolute atomic E-state index is 0.562. The number of hydrogen-bond acceptors (Lipinski definition) is 14. The molecule has 0 fully saturated rings. The summed E-state index contributed by atoms with van der Waals surface area (Å²) >= 11 is 41.9. The van der Waals surface area contributed by atoms with Crippen LogP contribution in [0, 0.1) is 0 Å². The van der Waals surface area contributed by atoms with E-state index in [1.54, 1.807) is 0 Å². The van der Waals surface area contributed by atoms with Crippen molar-refractivity contribution in [3.8, 4) is 0 Å². The summed E-state index contributed by atoms with van der Waals surface area (Å²) in [6.07, 6.45) is -2.60. The molecule has 0 aromatic carbocycles. The Morgan fingerprint density at radius 3 is 1.00 bits per heavy atom. The number of esters is 6. The van der Waals surface area contributed by atoms with E-state index in [1.165, 1.54) is 0 Å². The molecule has 240 valence electrons. The second kappa shape index (κ2) is 22.6. The minimum atomic E-state index is -1.51. The minimum Gasteiger partial charge on any atom is -0.460 e. The number of nitrogens with two attached hydrogens (primary N) is 2. The third-order valence-corrected chi connectivity index (χ3v) is 4.73. The Kier molecular flexibility index (Phi) is 22.7. The molecule has 0 rings (SSSR count). The summed E-state index contributed by atoms with van der Waals surface area (Å²) in [5.74, 6) is -9.70. The summed E-state index contributed by atoms with van der Waals surface area (Å²) in [7, 11) is 0. The number of carbonyl (C=O) groups excluding carboxylic acids is 8. The van der Waals surface area contributed by atoms with Crippen LogP contribution >= 0.6 is 92.8 Å². The van der Waals surface area contributed by atoms with Crippen LogP contribution in [-0.2, 0) is 66.8 Å². The number of alkyl halides is 8. The fraction of sp³-hybridized carbons (Fsp3) is 0.556. The molecule has 0 saturated heterocycles. The van der Waals surface area contributed by atoms with Gasteiger partial charge in [0.05, 0.1) is 0 Å². The first-order chi connectivity index (χ1) is 19.3. The molecule has 0 aliphatic carbocycles. The van der Waals surface area contributed by atoms with Crippen molar-refractivity contribution in [2.75, 3.05) is 26.4 Å². The van der Waals surface area contributed by atoms with E-state index in [9.17, 15) is 38.4 Å². The first kappa shape index (κ1) is 42.2. The Bertz CT molecular complexity index is 958. The van der Waals surface area contributed by atoms with Crippen molar-refractivity contribution in [2.24, 2.45) is 11.5 Å². The lowest BCUT2D eigenvalue weighted by molar-refractivity contribution is -0.168. The lowest BCUT2D eigenvalue weighted by atomic mass is 10.4. The number of ether oxygens (including phenoxy) is 6. The maximum atomic E-state index is 11.2. The number of amides is 2. The van der Waals surface area contributed by atoms with Gasteiger partial charge < -0.3 is 39.9 Å². The van der Waals surface area contributed by atoms with Crippen LogP contribution in [0.3, 0.4) is 0 Å². The highest BCUT2D eigenvalue weighted by Gasteiger charge is 2.26. The second-order valence-corrected chi connectivity index (χ2v) is 10.9. The van der Waals surface area contributed by atoms with Crippen molar-refractivity contribution in [3.63, 3.8) is 0 Å². The van der Waals surface area contributed by atoms with Crippen molar-refractivity contribution >= 4 is 140 Å². The zero-order valence-electron chi connectivity index (χ0n) is 20.2. The molecule has 0 radical (unpaired) electrons. The summed E-state index contributed by atoms with van der Waals surface area (Å²) in [5, 5.41) is 0. The van der Waals surface area contributed by atoms with E-state index in [4.69, 9.17) is 92.8 Å². The molecule has 0 bridgehead atoms. The number of hydrogen-bond donors (Lipinski definition) is 2. The smallest absolute Gasteiger partial charge is 0.397 e. The molecule has 24 heteroatoms. The average Bonchev–Trinajstić information content (AvgIpc) is 2.90. The lowest BCUT2D eigenvalue weighted by Crippen LogP contribution is -2.36. The molecular formula is C18H18Cl8N2O14. The largest absolute Gasteiger partial charge is 0.460 e. The normalized spacial score (nSPS) is 11.3. The van der Waals surface area contributed by atoms with E-state index >= 15 is 0 Å². The van der Waals surface area contributed by atoms with Crippen LogP contribution < -0.4 is 11.5 Å². The topological polar surface area (TPSA) is 244 Å². The fourth-order valence-electron chi connectivity index (χ4n) is 1.61. The molecule has 0 heterocycles. The Morgan fingerprint density at radius 2 is 0.714 bits per heavy atom. The van der Waals surface area contributed by atoms with Gasteiger partial charge in [-0.1, -0.05) is 92.8 Å². The summed E-state index contributed by atoms with van der Waals surface area (Å²) < 4.78 is 27.3. The molecule has 0 saturated carbocycles. The predicted molar refractivity (Wildman–Crippen MR) is 144 cm³/mol. The van der Waals surface area contributed by atoms with Gasteiger partial charge in [-0.25, -0.2) is 28.8 Å². The lowest BCUT2D eigenvalue weighted by Gasteiger charge is -2.18. The van der Waals surface area contributed by atoms with Crippen LogP contribution in [0.1, 0.15) is 0 Å². The third kappa shape index (κ3) is 20.9. The van der Waals surface area contributed by atoms with Crippen LogP contribution in [-0.4, -0.2) is 106 Å². The van der Waals surface area contributed by atoms with Crippen molar-refractivity contribution in [2.45, 2.75) is 31.6 Å². The van der Waals surface area contributed by atoms with Gasteiger partial charge in [-0.2, -0.15) is 0 Å². The van der Waals surface area contributed by atoms with Crippen LogP contribution in [0.4, 0.5) is 0 Å². The zero-order valence-corrected chi connectivity index (χ0v) is 26.2. The van der Waals surface area contributed by atoms with Crippen LogP contribution in [0.15, 0.2) is 0 Å². The monoisotopic (exact) mass is 766 g/mol. The quantitative estimate of drug-likeness (QED) is 0.103. The first-order valence-corrected chi connectivity index (χ1v) is 13.6. The van der Waals surface area contributed by atoms with Gasteiger partial charge in [-0.15, -0.1) is 0 Å². The molecule has 0 spiro atoms. The van der Waals surface area contributed by atoms with E-state index in [1.807, 2.05) is 0 Å². The summed E-state index contributed by atoms with van der Waals surface area (Å²) in [4.78, 5) is 81.4. The number of carbonyl (C=O) groups is 8. The maximum absolute atomic E-state index is 11.2. The summed E-state index contributed by atoms with van der Waals surface area (Å²) in [6, 6.07) is 0. The van der Waals surface area contributed by atoms with E-state index < -0.39 is 106 Å². The molecule has 1 unspecified atom stereocenters. The van der Waals surface area contributed by atoms with Gasteiger partial charge >= 0.3 is 47.6 Å². The predicted octanol–water partition coefficient (Wildman–Crippen LogP) is 0.155. The highest BCUT2D eigenvalue weighted by Crippen LogP contribution is 2.10. The molecule has 1 atom stereocenters. The first-order valence-electron chi connectivity index (χ1n) is 10.1. The highest BCUT2D eigenvalue weighted by molar-refractivity contribution is 6.54. The van der Waals surface area contributed by atoms with Crippen LogP contribution in [0.5, 0.6) is 0 Å². The van der Waals surface area contributed by atoms with Crippen molar-refractivity contribution in [1.82, 2.24) is 0 Å². The number of halogens is 8. The Labute approximate surface area is 275 Å². The third-order valence-electron chi connectivity index (χ3n) is 3.31. The number of primary amides is 2. The molecule has 16 nitrogen and oxygen atoms in total. The maximum Gasteiger partial charge on any atom is 0.397 e. The van der Waals surface area contributed by atoms with Crippen molar-refractivity contribution < 1.29 is 66.8 Å². The molecule has 0 aliphatic heterocycles. The standard InChI is InChI=1S/2C9H9Cl4NO7/c10-4(11)7(16)19-1-3(21-8(17)5(12)13)2-20-9(18)6(14)15;10-4(11)7(16)19-1-3(21-9(18)6(14)15)2-20-8(17)5(12)13/h2*3-5H,1-2H2,(H2,14,15). The van der Waals surface area contributed by atoms with Crippen LogP contribution in [0.25, 0.3) is 0 Å². The molecule has 0 aromatic rings.